The molecule has 0 heterocycles. The molecule has 0 aliphatic heterocycles. The minimum absolute atomic E-state index is 0. The van der Waals surface area contributed by atoms with Crippen molar-refractivity contribution in [2.45, 2.75) is 36.8 Å². The first-order chi connectivity index (χ1) is 8.28. The van der Waals surface area contributed by atoms with Crippen LogP contribution in [0.25, 0.3) is 0 Å². The summed E-state index contributed by atoms with van der Waals surface area (Å²) in [7, 11) is 0. The average Bonchev–Trinajstić information content (AvgIpc) is 2.24. The normalized spacial score (nSPS) is 14.3. The van der Waals surface area contributed by atoms with Crippen molar-refractivity contribution in [1.29, 1.82) is 0 Å². The first kappa shape index (κ1) is 21.5. The fourth-order valence-electron chi connectivity index (χ4n) is 0.960. The molecule has 0 aromatic rings. The number of hydrogen-bond donors (Lipinski definition) is 0. The SMILES string of the molecule is O=C([O-])CCC(F)C(F)(F)C(F)(F)C(F)(F)C(=O)[O-].[Ag+2]. The Morgan fingerprint density at radius 3 is 1.70 bits per heavy atom. The van der Waals surface area contributed by atoms with Crippen molar-refractivity contribution in [3.8, 4) is 0 Å². The van der Waals surface area contributed by atoms with E-state index >= 15 is 0 Å². The van der Waals surface area contributed by atoms with E-state index in [0.717, 1.165) is 0 Å². The molecule has 0 aromatic heterocycles. The van der Waals surface area contributed by atoms with E-state index in [1.807, 2.05) is 0 Å². The van der Waals surface area contributed by atoms with Gasteiger partial charge in [0.25, 0.3) is 0 Å². The standard InChI is InChI=1S/C8H7F7O4.Ag/c9-3(1-2-4(16)17)6(10,11)8(14,15)7(12,13)5(18)19;/h3H,1-2H2,(H,16,17)(H,18,19);/q;+2/p-2. The summed E-state index contributed by atoms with van der Waals surface area (Å²) in [6.45, 7) is 0. The molecule has 0 N–H and O–H groups in total. The number of rotatable bonds is 7. The van der Waals surface area contributed by atoms with Gasteiger partial charge in [0, 0.05) is 5.97 Å². The van der Waals surface area contributed by atoms with E-state index in [-0.39, 0.29) is 22.4 Å². The van der Waals surface area contributed by atoms with Crippen LogP contribution in [0.3, 0.4) is 0 Å². The zero-order valence-corrected chi connectivity index (χ0v) is 10.6. The van der Waals surface area contributed by atoms with Crippen LogP contribution in [0.2, 0.25) is 0 Å². The van der Waals surface area contributed by atoms with Gasteiger partial charge in [0.15, 0.2) is 6.17 Å². The molecule has 1 unspecified atom stereocenters. The van der Waals surface area contributed by atoms with Gasteiger partial charge >= 0.3 is 40.1 Å². The monoisotopic (exact) mass is 405 g/mol. The summed E-state index contributed by atoms with van der Waals surface area (Å²) >= 11 is 0. The molecule has 0 aliphatic carbocycles. The molecule has 20 heavy (non-hydrogen) atoms. The maximum Gasteiger partial charge on any atom is 2.00 e. The van der Waals surface area contributed by atoms with Crippen LogP contribution in [-0.4, -0.2) is 35.9 Å². The number of alkyl halides is 7. The van der Waals surface area contributed by atoms with Crippen molar-refractivity contribution in [3.05, 3.63) is 0 Å². The van der Waals surface area contributed by atoms with Crippen molar-refractivity contribution in [3.63, 3.8) is 0 Å². The van der Waals surface area contributed by atoms with Crippen molar-refractivity contribution < 1.29 is 72.9 Å². The number of carbonyl (C=O) groups is 2. The van der Waals surface area contributed by atoms with Crippen LogP contribution in [0, 0.1) is 0 Å². The Kier molecular flexibility index (Phi) is 7.27. The van der Waals surface area contributed by atoms with Crippen LogP contribution in [0.5, 0.6) is 0 Å². The number of aliphatic carboxylic acids is 2. The first-order valence-corrected chi connectivity index (χ1v) is 4.47. The van der Waals surface area contributed by atoms with Crippen molar-refractivity contribution >= 4 is 11.9 Å². The zero-order valence-electron chi connectivity index (χ0n) is 9.07. The second-order valence-electron chi connectivity index (χ2n) is 3.44. The zero-order chi connectivity index (χ0) is 15.6. The number of halogens is 7. The molecule has 1 radical (unpaired) electrons. The van der Waals surface area contributed by atoms with E-state index in [2.05, 4.69) is 0 Å². The van der Waals surface area contributed by atoms with Gasteiger partial charge in [0.2, 0.25) is 0 Å². The second-order valence-corrected chi connectivity index (χ2v) is 3.44. The van der Waals surface area contributed by atoms with Crippen molar-refractivity contribution in [2.24, 2.45) is 0 Å². The van der Waals surface area contributed by atoms with E-state index in [1.54, 1.807) is 0 Å². The second kappa shape index (κ2) is 6.76. The Morgan fingerprint density at radius 1 is 1.00 bits per heavy atom. The molecule has 0 bridgehead atoms. The summed E-state index contributed by atoms with van der Waals surface area (Å²) in [5.41, 5.74) is 0. The van der Waals surface area contributed by atoms with Gasteiger partial charge in [-0.05, 0) is 12.8 Å². The van der Waals surface area contributed by atoms with E-state index in [0.29, 0.717) is 0 Å². The predicted molar refractivity (Wildman–Crippen MR) is 39.0 cm³/mol. The molecular formula is C8H5AgF7O4. The van der Waals surface area contributed by atoms with Gasteiger partial charge in [-0.2, -0.15) is 26.3 Å². The topological polar surface area (TPSA) is 80.3 Å². The van der Waals surface area contributed by atoms with Gasteiger partial charge < -0.3 is 19.8 Å². The number of carbonyl (C=O) groups excluding carboxylic acids is 2. The summed E-state index contributed by atoms with van der Waals surface area (Å²) in [6, 6.07) is 0. The molecule has 0 rings (SSSR count). The van der Waals surface area contributed by atoms with Gasteiger partial charge in [-0.1, -0.05) is 0 Å². The van der Waals surface area contributed by atoms with Gasteiger partial charge in [0.05, 0.1) is 0 Å². The molecule has 12 heteroatoms. The van der Waals surface area contributed by atoms with E-state index in [4.69, 9.17) is 0 Å². The Balaban J connectivity index is 0. The summed E-state index contributed by atoms with van der Waals surface area (Å²) in [4.78, 5) is 19.5. The molecule has 1 atom stereocenters. The Hall–Kier alpha value is -0.810. The summed E-state index contributed by atoms with van der Waals surface area (Å²) in [6.07, 6.45) is -7.21. The van der Waals surface area contributed by atoms with E-state index < -0.39 is 48.7 Å². The molecule has 0 spiro atoms. The predicted octanol–water partition coefficient (Wildman–Crippen LogP) is -0.492. The molecule has 0 aromatic carbocycles. The molecular weight excluding hydrogens is 401 g/mol. The van der Waals surface area contributed by atoms with Gasteiger partial charge in [-0.15, -0.1) is 0 Å². The van der Waals surface area contributed by atoms with Crippen LogP contribution >= 0.6 is 0 Å². The average molecular weight is 406 g/mol. The van der Waals surface area contributed by atoms with Gasteiger partial charge in [-0.25, -0.2) is 4.39 Å². The minimum Gasteiger partial charge on any atom is -0.550 e. The minimum atomic E-state index is -6.59. The van der Waals surface area contributed by atoms with Crippen LogP contribution in [0.1, 0.15) is 12.8 Å². The Labute approximate surface area is 122 Å². The molecule has 4 nitrogen and oxygen atoms in total. The Morgan fingerprint density at radius 2 is 1.40 bits per heavy atom. The van der Waals surface area contributed by atoms with Crippen LogP contribution in [0.4, 0.5) is 30.7 Å². The van der Waals surface area contributed by atoms with E-state index in [9.17, 15) is 50.5 Å². The molecule has 0 amide bonds. The van der Waals surface area contributed by atoms with Crippen molar-refractivity contribution in [1.82, 2.24) is 0 Å². The largest absolute Gasteiger partial charge is 2.00 e. The molecule has 0 saturated heterocycles. The third-order valence-corrected chi connectivity index (χ3v) is 2.06. The van der Waals surface area contributed by atoms with Crippen molar-refractivity contribution in [2.75, 3.05) is 0 Å². The van der Waals surface area contributed by atoms with E-state index in [1.165, 1.54) is 0 Å². The summed E-state index contributed by atoms with van der Waals surface area (Å²) in [5.74, 6) is -24.9. The molecule has 0 fully saturated rings. The summed E-state index contributed by atoms with van der Waals surface area (Å²) < 4.78 is 88.5. The number of carboxylic acid groups (broad SMARTS) is 2. The smallest absolute Gasteiger partial charge is 0.550 e. The molecule has 0 aliphatic rings. The Bertz CT molecular complexity index is 374. The molecule has 0 saturated carbocycles. The quantitative estimate of drug-likeness (QED) is 0.422. The summed E-state index contributed by atoms with van der Waals surface area (Å²) in [5, 5.41) is 19.5. The van der Waals surface area contributed by atoms with Gasteiger partial charge in [0.1, 0.15) is 5.97 Å². The first-order valence-electron chi connectivity index (χ1n) is 4.47. The fraction of sp³-hybridized carbons (Fsp3) is 0.750. The maximum absolute atomic E-state index is 12.8. The van der Waals surface area contributed by atoms with Crippen LogP contribution < -0.4 is 10.2 Å². The third kappa shape index (κ3) is 3.85. The number of carboxylic acids is 2. The number of hydrogen-bond acceptors (Lipinski definition) is 4. The van der Waals surface area contributed by atoms with Crippen LogP contribution in [-0.2, 0) is 32.0 Å². The third-order valence-electron chi connectivity index (χ3n) is 2.06. The fourth-order valence-corrected chi connectivity index (χ4v) is 0.960. The maximum atomic E-state index is 12.8. The molecule has 121 valence electrons. The van der Waals surface area contributed by atoms with Gasteiger partial charge in [-0.3, -0.25) is 0 Å². The van der Waals surface area contributed by atoms with Crippen LogP contribution in [0.15, 0.2) is 0 Å².